The van der Waals surface area contributed by atoms with Crippen molar-refractivity contribution in [2.24, 2.45) is 17.7 Å². The number of nitrogens with two attached hydrogens (primary N) is 1. The summed E-state index contributed by atoms with van der Waals surface area (Å²) in [6.07, 6.45) is 0.524. The Labute approximate surface area is 115 Å². The molecule has 1 aromatic rings. The zero-order chi connectivity index (χ0) is 12.6. The van der Waals surface area contributed by atoms with Crippen LogP contribution in [0.15, 0.2) is 15.2 Å². The average molecular weight is 319 g/mol. The number of hydrazine groups is 1. The molecule has 2 heterocycles. The van der Waals surface area contributed by atoms with Crippen LogP contribution in [0.5, 0.6) is 0 Å². The molecule has 1 saturated heterocycles. The first-order chi connectivity index (χ1) is 8.06. The average Bonchev–Trinajstić information content (AvgIpc) is 2.79. The number of nitrogens with one attached hydrogen (secondary N) is 1. The highest BCUT2D eigenvalue weighted by molar-refractivity contribution is 9.10. The molecule has 5 heteroatoms. The molecule has 1 aliphatic heterocycles. The first kappa shape index (κ1) is 13.5. The largest absolute Gasteiger partial charge is 0.375 e. The molecule has 1 fully saturated rings. The first-order valence-corrected chi connectivity index (χ1v) is 7.63. The van der Waals surface area contributed by atoms with Gasteiger partial charge in [0, 0.05) is 15.8 Å². The van der Waals surface area contributed by atoms with Gasteiger partial charge in [0.05, 0.1) is 18.2 Å². The lowest BCUT2D eigenvalue weighted by Gasteiger charge is -2.28. The molecule has 2 rings (SSSR count). The summed E-state index contributed by atoms with van der Waals surface area (Å²) in [7, 11) is 0. The molecule has 1 aromatic heterocycles. The molecule has 0 radical (unpaired) electrons. The Morgan fingerprint density at radius 3 is 2.47 bits per heavy atom. The minimum Gasteiger partial charge on any atom is -0.375 e. The van der Waals surface area contributed by atoms with E-state index in [4.69, 9.17) is 10.6 Å². The van der Waals surface area contributed by atoms with Crippen LogP contribution in [-0.4, -0.2) is 12.2 Å². The predicted octanol–water partition coefficient (Wildman–Crippen LogP) is 3.07. The van der Waals surface area contributed by atoms with Gasteiger partial charge < -0.3 is 4.74 Å². The molecule has 0 aromatic carbocycles. The Bertz CT molecular complexity index is 384. The standard InChI is InChI=1S/C12H19BrN2OS/c1-6-7(2)16-8(3)11(6)12(15-14)9-4-17-5-10(9)13/h4-8,11-12,15H,14H2,1-3H3. The van der Waals surface area contributed by atoms with Gasteiger partial charge >= 0.3 is 0 Å². The molecule has 0 saturated carbocycles. The van der Waals surface area contributed by atoms with Crippen molar-refractivity contribution in [3.05, 3.63) is 20.8 Å². The molecule has 5 unspecified atom stereocenters. The molecule has 1 aliphatic rings. The Hall–Kier alpha value is 0.0600. The molecular weight excluding hydrogens is 300 g/mol. The second-order valence-corrected chi connectivity index (χ2v) is 6.40. The van der Waals surface area contributed by atoms with Crippen LogP contribution in [-0.2, 0) is 4.74 Å². The third-order valence-electron chi connectivity index (χ3n) is 3.86. The highest BCUT2D eigenvalue weighted by Gasteiger charge is 2.42. The Kier molecular flexibility index (Phi) is 4.26. The maximum atomic E-state index is 5.90. The summed E-state index contributed by atoms with van der Waals surface area (Å²) < 4.78 is 7.03. The van der Waals surface area contributed by atoms with Crippen LogP contribution in [0.2, 0.25) is 0 Å². The molecule has 0 amide bonds. The Morgan fingerprint density at radius 1 is 1.35 bits per heavy atom. The third-order valence-corrected chi connectivity index (χ3v) is 5.61. The van der Waals surface area contributed by atoms with Gasteiger partial charge in [0.15, 0.2) is 0 Å². The minimum absolute atomic E-state index is 0.144. The summed E-state index contributed by atoms with van der Waals surface area (Å²) in [5.41, 5.74) is 4.20. The van der Waals surface area contributed by atoms with Gasteiger partial charge in [-0.3, -0.25) is 11.3 Å². The van der Waals surface area contributed by atoms with E-state index in [9.17, 15) is 0 Å². The molecule has 0 aliphatic carbocycles. The maximum absolute atomic E-state index is 5.90. The van der Waals surface area contributed by atoms with Gasteiger partial charge in [0.25, 0.3) is 0 Å². The zero-order valence-corrected chi connectivity index (χ0v) is 12.7. The molecule has 5 atom stereocenters. The normalized spacial score (nSPS) is 35.1. The molecule has 0 spiro atoms. The second-order valence-electron chi connectivity index (χ2n) is 4.80. The Balaban J connectivity index is 2.27. The molecular formula is C12H19BrN2OS. The number of ether oxygens (including phenoxy) is 1. The van der Waals surface area contributed by atoms with Crippen molar-refractivity contribution in [2.75, 3.05) is 0 Å². The fourth-order valence-electron chi connectivity index (χ4n) is 2.79. The smallest absolute Gasteiger partial charge is 0.0601 e. The predicted molar refractivity (Wildman–Crippen MR) is 74.7 cm³/mol. The van der Waals surface area contributed by atoms with Crippen LogP contribution in [0.3, 0.4) is 0 Å². The summed E-state index contributed by atoms with van der Waals surface area (Å²) >= 11 is 5.27. The summed E-state index contributed by atoms with van der Waals surface area (Å²) in [5.74, 6) is 6.66. The first-order valence-electron chi connectivity index (χ1n) is 5.89. The van der Waals surface area contributed by atoms with Crippen LogP contribution >= 0.6 is 27.3 Å². The summed E-state index contributed by atoms with van der Waals surface area (Å²) in [4.78, 5) is 0. The summed E-state index contributed by atoms with van der Waals surface area (Å²) in [5, 5.41) is 4.24. The highest BCUT2D eigenvalue weighted by atomic mass is 79.9. The van der Waals surface area contributed by atoms with E-state index < -0.39 is 0 Å². The lowest BCUT2D eigenvalue weighted by atomic mass is 9.81. The van der Waals surface area contributed by atoms with Gasteiger partial charge in [0.1, 0.15) is 0 Å². The quantitative estimate of drug-likeness (QED) is 0.665. The highest BCUT2D eigenvalue weighted by Crippen LogP contribution is 2.42. The SMILES string of the molecule is CC1OC(C)C(C(NN)c2cscc2Br)C1C. The van der Waals surface area contributed by atoms with E-state index in [-0.39, 0.29) is 12.1 Å². The van der Waals surface area contributed by atoms with Crippen LogP contribution in [0.4, 0.5) is 0 Å². The second kappa shape index (κ2) is 5.36. The fraction of sp³-hybridized carbons (Fsp3) is 0.667. The lowest BCUT2D eigenvalue weighted by Crippen LogP contribution is -2.38. The van der Waals surface area contributed by atoms with Crippen LogP contribution < -0.4 is 11.3 Å². The van der Waals surface area contributed by atoms with E-state index in [0.717, 1.165) is 4.47 Å². The van der Waals surface area contributed by atoms with Gasteiger partial charge in [-0.2, -0.15) is 11.3 Å². The van der Waals surface area contributed by atoms with E-state index in [1.54, 1.807) is 11.3 Å². The van der Waals surface area contributed by atoms with Gasteiger partial charge in [-0.25, -0.2) is 0 Å². The molecule has 17 heavy (non-hydrogen) atoms. The molecule has 3 nitrogen and oxygen atoms in total. The topological polar surface area (TPSA) is 47.3 Å². The van der Waals surface area contributed by atoms with Crippen molar-refractivity contribution >= 4 is 27.3 Å². The van der Waals surface area contributed by atoms with E-state index >= 15 is 0 Å². The monoisotopic (exact) mass is 318 g/mol. The van der Waals surface area contributed by atoms with Crippen molar-refractivity contribution in [3.63, 3.8) is 0 Å². The number of halogens is 1. The van der Waals surface area contributed by atoms with Gasteiger partial charge in [-0.1, -0.05) is 6.92 Å². The number of hydrogen-bond acceptors (Lipinski definition) is 4. The number of hydrogen-bond donors (Lipinski definition) is 2. The lowest BCUT2D eigenvalue weighted by molar-refractivity contribution is 0.0475. The van der Waals surface area contributed by atoms with E-state index in [2.05, 4.69) is 52.9 Å². The van der Waals surface area contributed by atoms with Crippen molar-refractivity contribution in [1.29, 1.82) is 0 Å². The molecule has 96 valence electrons. The van der Waals surface area contributed by atoms with Crippen LogP contribution in [0.25, 0.3) is 0 Å². The maximum Gasteiger partial charge on any atom is 0.0601 e. The van der Waals surface area contributed by atoms with Crippen molar-refractivity contribution < 1.29 is 4.74 Å². The zero-order valence-electron chi connectivity index (χ0n) is 10.3. The van der Waals surface area contributed by atoms with E-state index in [1.807, 2.05) is 0 Å². The molecule has 3 N–H and O–H groups in total. The van der Waals surface area contributed by atoms with E-state index in [1.165, 1.54) is 5.56 Å². The van der Waals surface area contributed by atoms with Crippen molar-refractivity contribution in [2.45, 2.75) is 39.0 Å². The fourth-order valence-corrected chi connectivity index (χ4v) is 4.37. The van der Waals surface area contributed by atoms with Crippen LogP contribution in [0.1, 0.15) is 32.4 Å². The van der Waals surface area contributed by atoms with Gasteiger partial charge in [-0.15, -0.1) is 0 Å². The van der Waals surface area contributed by atoms with Crippen LogP contribution in [0, 0.1) is 11.8 Å². The number of rotatable bonds is 3. The number of thiophene rings is 1. The summed E-state index contributed by atoms with van der Waals surface area (Å²) in [6, 6.07) is 0.144. The van der Waals surface area contributed by atoms with Gasteiger partial charge in [-0.05, 0) is 46.6 Å². The third kappa shape index (κ3) is 2.44. The van der Waals surface area contributed by atoms with Crippen molar-refractivity contribution in [1.82, 2.24) is 5.43 Å². The minimum atomic E-state index is 0.144. The molecule has 0 bridgehead atoms. The van der Waals surface area contributed by atoms with E-state index in [0.29, 0.717) is 17.9 Å². The van der Waals surface area contributed by atoms with Gasteiger partial charge in [0.2, 0.25) is 0 Å². The Morgan fingerprint density at radius 2 is 2.06 bits per heavy atom. The van der Waals surface area contributed by atoms with Crippen molar-refractivity contribution in [3.8, 4) is 0 Å². The summed E-state index contributed by atoms with van der Waals surface area (Å²) in [6.45, 7) is 6.51.